The Labute approximate surface area is 168 Å². The van der Waals surface area contributed by atoms with Crippen molar-refractivity contribution in [3.8, 4) is 0 Å². The molecule has 0 unspecified atom stereocenters. The van der Waals surface area contributed by atoms with Gasteiger partial charge in [-0.05, 0) is 61.2 Å². The highest BCUT2D eigenvalue weighted by molar-refractivity contribution is 7.89. The van der Waals surface area contributed by atoms with E-state index in [0.29, 0.717) is 13.0 Å². The molecule has 28 heavy (non-hydrogen) atoms. The topological polar surface area (TPSA) is 78.5 Å². The van der Waals surface area contributed by atoms with E-state index in [2.05, 4.69) is 10.0 Å². The maximum absolute atomic E-state index is 12.3. The molecular weight excluding hydrogens is 374 g/mol. The number of nitrogens with one attached hydrogen (secondary N) is 2. The van der Waals surface area contributed by atoms with Crippen molar-refractivity contribution in [1.29, 1.82) is 0 Å². The third kappa shape index (κ3) is 6.35. The summed E-state index contributed by atoms with van der Waals surface area (Å²) in [7, 11) is 0.405. The van der Waals surface area contributed by atoms with Gasteiger partial charge in [0.1, 0.15) is 0 Å². The summed E-state index contributed by atoms with van der Waals surface area (Å²) >= 11 is 0. The van der Waals surface area contributed by atoms with Crippen LogP contribution >= 0.6 is 0 Å². The molecule has 0 spiro atoms. The van der Waals surface area contributed by atoms with Gasteiger partial charge in [-0.3, -0.25) is 4.79 Å². The van der Waals surface area contributed by atoms with Gasteiger partial charge in [-0.2, -0.15) is 0 Å². The Morgan fingerprint density at radius 1 is 1.00 bits per heavy atom. The zero-order chi connectivity index (χ0) is 20.7. The third-order valence-electron chi connectivity index (χ3n) is 4.60. The molecule has 7 heteroatoms. The molecule has 2 aromatic rings. The van der Waals surface area contributed by atoms with Crippen molar-refractivity contribution in [1.82, 2.24) is 10.0 Å². The minimum Gasteiger partial charge on any atom is -0.378 e. The number of hydrogen-bond donors (Lipinski definition) is 2. The molecule has 0 aliphatic rings. The molecule has 0 aliphatic heterocycles. The van der Waals surface area contributed by atoms with E-state index >= 15 is 0 Å². The lowest BCUT2D eigenvalue weighted by Gasteiger charge is -2.13. The molecule has 0 bridgehead atoms. The molecule has 0 radical (unpaired) electrons. The summed E-state index contributed by atoms with van der Waals surface area (Å²) < 4.78 is 27.2. The standard InChI is InChI=1S/C21H29N3O3S/c1-16-7-12-20(14-17(16)2)28(26,27)23-13-5-6-21(25)22-15-18-8-10-19(11-9-18)24(3)4/h7-12,14,23H,5-6,13,15H2,1-4H3,(H,22,25). The summed E-state index contributed by atoms with van der Waals surface area (Å²) in [6.07, 6.45) is 0.709. The number of carbonyl (C=O) groups excluding carboxylic acids is 1. The predicted molar refractivity (Wildman–Crippen MR) is 113 cm³/mol. The van der Waals surface area contributed by atoms with Crippen LogP contribution in [0.25, 0.3) is 0 Å². The van der Waals surface area contributed by atoms with Crippen LogP contribution in [0.15, 0.2) is 47.4 Å². The van der Waals surface area contributed by atoms with Crippen LogP contribution in [0.1, 0.15) is 29.5 Å². The first-order valence-corrected chi connectivity index (χ1v) is 10.8. The third-order valence-corrected chi connectivity index (χ3v) is 6.06. The number of anilines is 1. The maximum atomic E-state index is 12.3. The number of aryl methyl sites for hydroxylation is 2. The molecule has 1 amide bonds. The molecule has 0 saturated carbocycles. The first-order chi connectivity index (χ1) is 13.2. The van der Waals surface area contributed by atoms with Crippen LogP contribution in [0, 0.1) is 13.8 Å². The van der Waals surface area contributed by atoms with Gasteiger partial charge in [0.2, 0.25) is 15.9 Å². The van der Waals surface area contributed by atoms with Crippen molar-refractivity contribution >= 4 is 21.6 Å². The van der Waals surface area contributed by atoms with E-state index in [0.717, 1.165) is 22.4 Å². The predicted octanol–water partition coefficient (Wildman–Crippen LogP) is 2.74. The number of nitrogens with zero attached hydrogens (tertiary/aromatic N) is 1. The molecule has 0 saturated heterocycles. The fraction of sp³-hybridized carbons (Fsp3) is 0.381. The number of amides is 1. The van der Waals surface area contributed by atoms with E-state index in [1.165, 1.54) is 0 Å². The van der Waals surface area contributed by atoms with Gasteiger partial charge in [0.25, 0.3) is 0 Å². The first kappa shape index (κ1) is 21.9. The zero-order valence-corrected chi connectivity index (χ0v) is 17.8. The lowest BCUT2D eigenvalue weighted by Crippen LogP contribution is -2.27. The van der Waals surface area contributed by atoms with Crippen molar-refractivity contribution in [3.05, 3.63) is 59.2 Å². The Balaban J connectivity index is 1.73. The maximum Gasteiger partial charge on any atom is 0.240 e. The van der Waals surface area contributed by atoms with Crippen LogP contribution in [-0.4, -0.2) is 35.0 Å². The Morgan fingerprint density at radius 3 is 2.29 bits per heavy atom. The highest BCUT2D eigenvalue weighted by Gasteiger charge is 2.14. The molecule has 152 valence electrons. The van der Waals surface area contributed by atoms with Gasteiger partial charge >= 0.3 is 0 Å². The Bertz CT molecular complexity index is 907. The molecule has 0 aliphatic carbocycles. The van der Waals surface area contributed by atoms with Crippen molar-refractivity contribution in [2.24, 2.45) is 0 Å². The Kier molecular flexibility index (Phi) is 7.60. The fourth-order valence-corrected chi connectivity index (χ4v) is 3.78. The van der Waals surface area contributed by atoms with Crippen LogP contribution < -0.4 is 14.9 Å². The van der Waals surface area contributed by atoms with E-state index in [1.54, 1.807) is 18.2 Å². The van der Waals surface area contributed by atoms with Crippen LogP contribution in [0.2, 0.25) is 0 Å². The second-order valence-electron chi connectivity index (χ2n) is 7.08. The SMILES string of the molecule is Cc1ccc(S(=O)(=O)NCCCC(=O)NCc2ccc(N(C)C)cc2)cc1C. The smallest absolute Gasteiger partial charge is 0.240 e. The molecule has 6 nitrogen and oxygen atoms in total. The first-order valence-electron chi connectivity index (χ1n) is 9.29. The van der Waals surface area contributed by atoms with E-state index < -0.39 is 10.0 Å². The molecule has 2 aromatic carbocycles. The number of sulfonamides is 1. The number of carbonyl (C=O) groups is 1. The molecule has 0 aromatic heterocycles. The molecule has 0 atom stereocenters. The van der Waals surface area contributed by atoms with Crippen molar-refractivity contribution in [3.63, 3.8) is 0 Å². The molecule has 2 rings (SSSR count). The van der Waals surface area contributed by atoms with E-state index in [1.807, 2.05) is 57.1 Å². The average Bonchev–Trinajstić information content (AvgIpc) is 2.66. The highest BCUT2D eigenvalue weighted by Crippen LogP contribution is 2.14. The quantitative estimate of drug-likeness (QED) is 0.631. The second kappa shape index (κ2) is 9.71. The highest BCUT2D eigenvalue weighted by atomic mass is 32.2. The van der Waals surface area contributed by atoms with Gasteiger partial charge in [0.15, 0.2) is 0 Å². The Hall–Kier alpha value is -2.38. The summed E-state index contributed by atoms with van der Waals surface area (Å²) in [4.78, 5) is 14.2. The Morgan fingerprint density at radius 2 is 1.68 bits per heavy atom. The van der Waals surface area contributed by atoms with E-state index in [4.69, 9.17) is 0 Å². The monoisotopic (exact) mass is 403 g/mol. The van der Waals surface area contributed by atoms with Gasteiger partial charge < -0.3 is 10.2 Å². The summed E-state index contributed by atoms with van der Waals surface area (Å²) in [5, 5.41) is 2.86. The molecule has 0 heterocycles. The lowest BCUT2D eigenvalue weighted by atomic mass is 10.1. The number of rotatable bonds is 9. The van der Waals surface area contributed by atoms with Crippen LogP contribution in [0.3, 0.4) is 0 Å². The zero-order valence-electron chi connectivity index (χ0n) is 17.0. The summed E-state index contributed by atoms with van der Waals surface area (Å²) in [6, 6.07) is 13.0. The summed E-state index contributed by atoms with van der Waals surface area (Å²) in [6.45, 7) is 4.50. The van der Waals surface area contributed by atoms with Crippen LogP contribution in [0.4, 0.5) is 5.69 Å². The van der Waals surface area contributed by atoms with Crippen LogP contribution in [0.5, 0.6) is 0 Å². The minimum absolute atomic E-state index is 0.0953. The largest absolute Gasteiger partial charge is 0.378 e. The minimum atomic E-state index is -3.55. The van der Waals surface area contributed by atoms with Gasteiger partial charge in [0, 0.05) is 39.3 Å². The summed E-state index contributed by atoms with van der Waals surface area (Å²) in [5.74, 6) is -0.0953. The number of benzene rings is 2. The van der Waals surface area contributed by atoms with Gasteiger partial charge in [-0.25, -0.2) is 13.1 Å². The number of hydrogen-bond acceptors (Lipinski definition) is 4. The van der Waals surface area contributed by atoms with Crippen molar-refractivity contribution in [2.75, 3.05) is 25.5 Å². The summed E-state index contributed by atoms with van der Waals surface area (Å²) in [5.41, 5.74) is 4.10. The van der Waals surface area contributed by atoms with Crippen molar-refractivity contribution in [2.45, 2.75) is 38.1 Å². The molecule has 2 N–H and O–H groups in total. The second-order valence-corrected chi connectivity index (χ2v) is 8.85. The van der Waals surface area contributed by atoms with E-state index in [-0.39, 0.29) is 23.8 Å². The average molecular weight is 404 g/mol. The lowest BCUT2D eigenvalue weighted by molar-refractivity contribution is -0.121. The fourth-order valence-electron chi connectivity index (χ4n) is 2.62. The van der Waals surface area contributed by atoms with E-state index in [9.17, 15) is 13.2 Å². The normalized spacial score (nSPS) is 11.3. The van der Waals surface area contributed by atoms with Gasteiger partial charge in [0.05, 0.1) is 4.90 Å². The van der Waals surface area contributed by atoms with Gasteiger partial charge in [-0.1, -0.05) is 18.2 Å². The molecular formula is C21H29N3O3S. The van der Waals surface area contributed by atoms with Crippen molar-refractivity contribution < 1.29 is 13.2 Å². The molecule has 0 fully saturated rings. The van der Waals surface area contributed by atoms with Gasteiger partial charge in [-0.15, -0.1) is 0 Å². The van der Waals surface area contributed by atoms with Crippen LogP contribution in [-0.2, 0) is 21.4 Å².